The molecule has 41 heavy (non-hydrogen) atoms. The molecule has 3 N–H and O–H groups in total. The molecule has 1 aliphatic carbocycles. The maximum Gasteiger partial charge on any atom is 0.492 e. The van der Waals surface area contributed by atoms with E-state index in [0.717, 1.165) is 22.3 Å². The largest absolute Gasteiger partial charge is 0.492 e. The zero-order valence-electron chi connectivity index (χ0n) is 23.8. The van der Waals surface area contributed by atoms with Crippen LogP contribution in [0.25, 0.3) is 17.2 Å². The van der Waals surface area contributed by atoms with Crippen LogP contribution in [0.3, 0.4) is 0 Å². The van der Waals surface area contributed by atoms with Gasteiger partial charge >= 0.3 is 19.2 Å². The van der Waals surface area contributed by atoms with Gasteiger partial charge in [0.15, 0.2) is 11.5 Å². The number of anilines is 1. The Bertz CT molecular complexity index is 1460. The minimum absolute atomic E-state index is 0.0348. The molecule has 2 aliphatic rings. The van der Waals surface area contributed by atoms with Gasteiger partial charge in [0, 0.05) is 12.5 Å². The standard InChI is InChI=1S/C30H33BN4O6/c1-29(2)30(3,4)41-31(40-29)18(14-19-16-33-26(32)25(35-19)27(36)38-5)15-34-28(37)39-17-24-22-12-8-6-10-20(22)21-11-7-9-13-23(21)24/h6-14,16,24H,15,17H2,1-5H3,(H2,32,33)(H,34,37). The zero-order chi connectivity index (χ0) is 29.4. The summed E-state index contributed by atoms with van der Waals surface area (Å²) in [4.78, 5) is 33.4. The summed E-state index contributed by atoms with van der Waals surface area (Å²) < 4.78 is 22.9. The molecule has 0 radical (unpaired) electrons. The van der Waals surface area contributed by atoms with Gasteiger partial charge in [0.25, 0.3) is 0 Å². The summed E-state index contributed by atoms with van der Waals surface area (Å²) in [5, 5.41) is 2.81. The molecule has 2 heterocycles. The molecule has 212 valence electrons. The van der Waals surface area contributed by atoms with Crippen molar-refractivity contribution < 1.29 is 28.4 Å². The molecule has 0 spiro atoms. The van der Waals surface area contributed by atoms with Gasteiger partial charge < -0.3 is 29.8 Å². The second-order valence-corrected chi connectivity index (χ2v) is 11.0. The Morgan fingerprint density at radius 1 is 1.02 bits per heavy atom. The van der Waals surface area contributed by atoms with Gasteiger partial charge in [0.1, 0.15) is 6.61 Å². The van der Waals surface area contributed by atoms with Crippen molar-refractivity contribution in [3.63, 3.8) is 0 Å². The lowest BCUT2D eigenvalue weighted by atomic mass is 9.77. The first-order chi connectivity index (χ1) is 19.5. The number of rotatable bonds is 7. The Morgan fingerprint density at radius 2 is 1.61 bits per heavy atom. The lowest BCUT2D eigenvalue weighted by Gasteiger charge is -2.32. The maximum absolute atomic E-state index is 12.9. The van der Waals surface area contributed by atoms with Crippen LogP contribution < -0.4 is 11.1 Å². The van der Waals surface area contributed by atoms with E-state index in [2.05, 4.69) is 39.6 Å². The van der Waals surface area contributed by atoms with Crippen molar-refractivity contribution in [2.75, 3.05) is 26.0 Å². The lowest BCUT2D eigenvalue weighted by Crippen LogP contribution is -2.41. The Labute approximate surface area is 239 Å². The van der Waals surface area contributed by atoms with Crippen LogP contribution >= 0.6 is 0 Å². The number of nitrogens with two attached hydrogens (primary N) is 1. The third kappa shape index (κ3) is 5.55. The number of methoxy groups -OCH3 is 1. The van der Waals surface area contributed by atoms with Crippen molar-refractivity contribution >= 4 is 31.1 Å². The van der Waals surface area contributed by atoms with Crippen LogP contribution in [-0.4, -0.2) is 60.6 Å². The molecule has 0 atom stereocenters. The molecule has 2 aromatic carbocycles. The van der Waals surface area contributed by atoms with Gasteiger partial charge in [-0.25, -0.2) is 19.6 Å². The fourth-order valence-corrected chi connectivity index (χ4v) is 4.94. The highest BCUT2D eigenvalue weighted by Crippen LogP contribution is 2.44. The molecule has 0 unspecified atom stereocenters. The highest BCUT2D eigenvalue weighted by molar-refractivity contribution is 6.56. The summed E-state index contributed by atoms with van der Waals surface area (Å²) in [7, 11) is 0.440. The van der Waals surface area contributed by atoms with Crippen LogP contribution in [0.2, 0.25) is 0 Å². The summed E-state index contributed by atoms with van der Waals surface area (Å²) in [6.07, 6.45) is 2.47. The number of nitrogen functional groups attached to an aromatic ring is 1. The Morgan fingerprint density at radius 3 is 2.20 bits per heavy atom. The van der Waals surface area contributed by atoms with E-state index in [0.29, 0.717) is 11.2 Å². The van der Waals surface area contributed by atoms with Crippen molar-refractivity contribution in [1.82, 2.24) is 15.3 Å². The number of fused-ring (bicyclic) bond motifs is 3. The SMILES string of the molecule is COC(=O)c1nc(C=C(CNC(=O)OCC2c3ccccc3-c3ccccc32)B2OC(C)(C)C(C)(C)O2)cnc1N. The van der Waals surface area contributed by atoms with Crippen molar-refractivity contribution in [2.45, 2.75) is 44.8 Å². The third-order valence-corrected chi connectivity index (χ3v) is 7.87. The molecule has 1 aromatic heterocycles. The molecular weight excluding hydrogens is 523 g/mol. The van der Waals surface area contributed by atoms with E-state index < -0.39 is 30.4 Å². The minimum atomic E-state index is -0.796. The number of amides is 1. The fraction of sp³-hybridized carbons (Fsp3) is 0.333. The van der Waals surface area contributed by atoms with Crippen LogP contribution in [-0.2, 0) is 18.8 Å². The van der Waals surface area contributed by atoms with E-state index in [1.807, 2.05) is 52.0 Å². The summed E-state index contributed by atoms with van der Waals surface area (Å²) in [6, 6.07) is 16.3. The lowest BCUT2D eigenvalue weighted by molar-refractivity contribution is 0.00578. The van der Waals surface area contributed by atoms with E-state index in [9.17, 15) is 9.59 Å². The first-order valence-electron chi connectivity index (χ1n) is 13.4. The van der Waals surface area contributed by atoms with E-state index in [1.165, 1.54) is 13.3 Å². The normalized spacial score (nSPS) is 17.1. The van der Waals surface area contributed by atoms with Gasteiger partial charge in [-0.15, -0.1) is 0 Å². The highest BCUT2D eigenvalue weighted by Gasteiger charge is 2.52. The van der Waals surface area contributed by atoms with Crippen LogP contribution in [0.15, 0.2) is 60.2 Å². The second-order valence-electron chi connectivity index (χ2n) is 11.0. The van der Waals surface area contributed by atoms with Crippen LogP contribution in [0.4, 0.5) is 10.6 Å². The van der Waals surface area contributed by atoms with E-state index >= 15 is 0 Å². The molecule has 0 bridgehead atoms. The Balaban J connectivity index is 1.33. The van der Waals surface area contributed by atoms with E-state index in [4.69, 9.17) is 24.5 Å². The number of benzene rings is 2. The molecule has 10 nitrogen and oxygen atoms in total. The number of ether oxygens (including phenoxy) is 2. The number of alkyl carbamates (subject to hydrolysis) is 1. The molecule has 1 fully saturated rings. The van der Waals surface area contributed by atoms with Gasteiger partial charge in [0.05, 0.1) is 30.2 Å². The number of nitrogens with one attached hydrogen (secondary N) is 1. The predicted molar refractivity (Wildman–Crippen MR) is 155 cm³/mol. The molecular formula is C30H33BN4O6. The topological polar surface area (TPSA) is 135 Å². The van der Waals surface area contributed by atoms with Gasteiger partial charge in [0.2, 0.25) is 0 Å². The minimum Gasteiger partial charge on any atom is -0.464 e. The number of aromatic nitrogens is 2. The summed E-state index contributed by atoms with van der Waals surface area (Å²) in [5.74, 6) is -0.824. The number of carbonyl (C=O) groups excluding carboxylic acids is 2. The third-order valence-electron chi connectivity index (χ3n) is 7.87. The Hall–Kier alpha value is -4.22. The van der Waals surface area contributed by atoms with Gasteiger partial charge in [-0.3, -0.25) is 0 Å². The van der Waals surface area contributed by atoms with Crippen molar-refractivity contribution in [1.29, 1.82) is 0 Å². The first-order valence-corrected chi connectivity index (χ1v) is 13.4. The quantitative estimate of drug-likeness (QED) is 0.321. The average molecular weight is 556 g/mol. The van der Waals surface area contributed by atoms with Gasteiger partial charge in [-0.1, -0.05) is 48.5 Å². The highest BCUT2D eigenvalue weighted by atomic mass is 16.7. The fourth-order valence-electron chi connectivity index (χ4n) is 4.94. The molecule has 5 rings (SSSR count). The number of hydrogen-bond donors (Lipinski definition) is 2. The smallest absolute Gasteiger partial charge is 0.464 e. The second kappa shape index (κ2) is 11.0. The number of carbonyl (C=O) groups is 2. The number of hydrogen-bond acceptors (Lipinski definition) is 9. The monoisotopic (exact) mass is 556 g/mol. The van der Waals surface area contributed by atoms with Crippen LogP contribution in [0.1, 0.15) is 60.9 Å². The van der Waals surface area contributed by atoms with E-state index in [-0.39, 0.29) is 30.6 Å². The number of esters is 1. The van der Waals surface area contributed by atoms with Gasteiger partial charge in [-0.2, -0.15) is 0 Å². The van der Waals surface area contributed by atoms with E-state index in [1.54, 1.807) is 6.08 Å². The molecule has 1 saturated heterocycles. The summed E-state index contributed by atoms with van der Waals surface area (Å²) in [6.45, 7) is 7.95. The summed E-state index contributed by atoms with van der Waals surface area (Å²) >= 11 is 0. The summed E-state index contributed by atoms with van der Waals surface area (Å²) in [5.41, 5.74) is 9.89. The Kier molecular flexibility index (Phi) is 7.59. The average Bonchev–Trinajstić information content (AvgIpc) is 3.39. The maximum atomic E-state index is 12.9. The number of nitrogens with zero attached hydrogens (tertiary/aromatic N) is 2. The first kappa shape index (κ1) is 28.3. The van der Waals surface area contributed by atoms with Crippen molar-refractivity contribution in [3.8, 4) is 11.1 Å². The zero-order valence-corrected chi connectivity index (χ0v) is 23.8. The molecule has 11 heteroatoms. The molecule has 1 amide bonds. The van der Waals surface area contributed by atoms with Gasteiger partial charge in [-0.05, 0) is 61.5 Å². The molecule has 1 aliphatic heterocycles. The molecule has 3 aromatic rings. The van der Waals surface area contributed by atoms with Crippen LogP contribution in [0.5, 0.6) is 0 Å². The molecule has 0 saturated carbocycles. The predicted octanol–water partition coefficient (Wildman–Crippen LogP) is 4.40. The van der Waals surface area contributed by atoms with Crippen molar-refractivity contribution in [3.05, 3.63) is 82.7 Å². The van der Waals surface area contributed by atoms with Crippen LogP contribution in [0, 0.1) is 0 Å². The van der Waals surface area contributed by atoms with Crippen molar-refractivity contribution in [2.24, 2.45) is 0 Å².